The molecule has 0 radical (unpaired) electrons. The first-order chi connectivity index (χ1) is 13.1. The minimum atomic E-state index is -3.90. The number of ether oxygens (including phenoxy) is 1. The van der Waals surface area contributed by atoms with Crippen LogP contribution in [0.3, 0.4) is 0 Å². The Balaban J connectivity index is 2.02. The van der Waals surface area contributed by atoms with E-state index in [-0.39, 0.29) is 35.4 Å². The van der Waals surface area contributed by atoms with Crippen LogP contribution in [0.25, 0.3) is 0 Å². The second-order valence-corrected chi connectivity index (χ2v) is 8.94. The van der Waals surface area contributed by atoms with E-state index >= 15 is 0 Å². The average molecular weight is 405 g/mol. The lowest BCUT2D eigenvalue weighted by Crippen LogP contribution is -2.42. The van der Waals surface area contributed by atoms with Gasteiger partial charge in [-0.3, -0.25) is 9.52 Å². The highest BCUT2D eigenvalue weighted by molar-refractivity contribution is 7.92. The zero-order chi connectivity index (χ0) is 20.7. The summed E-state index contributed by atoms with van der Waals surface area (Å²) >= 11 is 0. The second-order valence-electron chi connectivity index (χ2n) is 7.32. The first-order valence-electron chi connectivity index (χ1n) is 8.72. The van der Waals surface area contributed by atoms with Crippen molar-refractivity contribution in [2.24, 2.45) is 5.41 Å². The molecule has 0 saturated carbocycles. The van der Waals surface area contributed by atoms with Crippen LogP contribution < -0.4 is 14.4 Å². The number of nitrogens with zero attached hydrogens (tertiary/aromatic N) is 2. The summed E-state index contributed by atoms with van der Waals surface area (Å²) in [5, 5.41) is 3.69. The van der Waals surface area contributed by atoms with Crippen molar-refractivity contribution < 1.29 is 22.5 Å². The Morgan fingerprint density at radius 1 is 1.36 bits per heavy atom. The fourth-order valence-electron chi connectivity index (χ4n) is 3.08. The van der Waals surface area contributed by atoms with E-state index in [4.69, 9.17) is 9.26 Å². The maximum Gasteiger partial charge on any atom is 0.267 e. The molecule has 8 nitrogen and oxygen atoms in total. The maximum absolute atomic E-state index is 12.9. The molecule has 0 aliphatic carbocycles. The molecule has 0 fully saturated rings. The van der Waals surface area contributed by atoms with Gasteiger partial charge in [0.2, 0.25) is 5.91 Å². The monoisotopic (exact) mass is 405 g/mol. The van der Waals surface area contributed by atoms with Gasteiger partial charge in [0.15, 0.2) is 10.7 Å². The number of amides is 1. The Labute approximate surface area is 164 Å². The lowest BCUT2D eigenvalue weighted by Gasteiger charge is -2.27. The van der Waals surface area contributed by atoms with Gasteiger partial charge < -0.3 is 14.2 Å². The van der Waals surface area contributed by atoms with Gasteiger partial charge in [0.1, 0.15) is 18.1 Å². The zero-order valence-electron chi connectivity index (χ0n) is 16.3. The topological polar surface area (TPSA) is 102 Å². The first kappa shape index (κ1) is 19.9. The Morgan fingerprint density at radius 3 is 2.68 bits per heavy atom. The Hall–Kier alpha value is -2.81. The summed E-state index contributed by atoms with van der Waals surface area (Å²) in [4.78, 5) is 14.5. The van der Waals surface area contributed by atoms with Crippen molar-refractivity contribution in [2.75, 3.05) is 22.8 Å². The molecule has 1 N–H and O–H groups in total. The molecule has 28 heavy (non-hydrogen) atoms. The Bertz CT molecular complexity index is 1020. The van der Waals surface area contributed by atoms with Crippen LogP contribution in [0.1, 0.15) is 25.3 Å². The van der Waals surface area contributed by atoms with Gasteiger partial charge in [-0.2, -0.15) is 0 Å². The molecule has 1 aliphatic rings. The molecule has 0 bridgehead atoms. The van der Waals surface area contributed by atoms with Crippen LogP contribution in [0.4, 0.5) is 11.4 Å². The molecule has 3 rings (SSSR count). The molecular formula is C19H23N3O5S. The quantitative estimate of drug-likeness (QED) is 0.767. The molecule has 0 unspecified atom stereocenters. The van der Waals surface area contributed by atoms with Crippen molar-refractivity contribution in [3.63, 3.8) is 0 Å². The van der Waals surface area contributed by atoms with E-state index in [1.165, 1.54) is 6.92 Å². The van der Waals surface area contributed by atoms with Crippen molar-refractivity contribution in [3.05, 3.63) is 42.3 Å². The van der Waals surface area contributed by atoms with Gasteiger partial charge in [0.05, 0.1) is 16.8 Å². The fourth-order valence-corrected chi connectivity index (χ4v) is 4.46. The summed E-state index contributed by atoms with van der Waals surface area (Å²) in [6.07, 6.45) is 1.61. The zero-order valence-corrected chi connectivity index (χ0v) is 17.1. The number of rotatable bonds is 5. The largest absolute Gasteiger partial charge is 0.490 e. The minimum Gasteiger partial charge on any atom is -0.490 e. The SMILES string of the molecule is C=CCN1C(=O)C(C)(C)COc2ccc(NS(=O)(=O)c3c(C)noc3C)cc21. The number of aromatic nitrogens is 1. The lowest BCUT2D eigenvalue weighted by atomic mass is 9.93. The molecule has 0 atom stereocenters. The Kier molecular flexibility index (Phi) is 4.97. The number of benzene rings is 1. The van der Waals surface area contributed by atoms with E-state index in [0.29, 0.717) is 17.1 Å². The van der Waals surface area contributed by atoms with Crippen molar-refractivity contribution in [3.8, 4) is 5.75 Å². The van der Waals surface area contributed by atoms with Crippen LogP contribution in [0.5, 0.6) is 5.75 Å². The summed E-state index contributed by atoms with van der Waals surface area (Å²) in [5.41, 5.74) is 0.324. The van der Waals surface area contributed by atoms with Crippen LogP contribution >= 0.6 is 0 Å². The van der Waals surface area contributed by atoms with Gasteiger partial charge in [-0.05, 0) is 45.9 Å². The van der Waals surface area contributed by atoms with Crippen molar-refractivity contribution >= 4 is 27.3 Å². The summed E-state index contributed by atoms with van der Waals surface area (Å²) in [6, 6.07) is 4.81. The number of hydrogen-bond donors (Lipinski definition) is 1. The number of fused-ring (bicyclic) bond motifs is 1. The van der Waals surface area contributed by atoms with Crippen molar-refractivity contribution in [1.29, 1.82) is 0 Å². The molecule has 1 amide bonds. The molecule has 1 aliphatic heterocycles. The van der Waals surface area contributed by atoms with E-state index in [1.807, 2.05) is 0 Å². The maximum atomic E-state index is 12.9. The van der Waals surface area contributed by atoms with Crippen molar-refractivity contribution in [1.82, 2.24) is 5.16 Å². The van der Waals surface area contributed by atoms with Crippen molar-refractivity contribution in [2.45, 2.75) is 32.6 Å². The summed E-state index contributed by atoms with van der Waals surface area (Å²) in [5.74, 6) is 0.575. The summed E-state index contributed by atoms with van der Waals surface area (Å²) in [6.45, 7) is 10.9. The molecular weight excluding hydrogens is 382 g/mol. The predicted octanol–water partition coefficient (Wildman–Crippen LogP) is 3.03. The van der Waals surface area contributed by atoms with E-state index in [2.05, 4.69) is 16.5 Å². The highest BCUT2D eigenvalue weighted by atomic mass is 32.2. The highest BCUT2D eigenvalue weighted by Gasteiger charge is 2.37. The second kappa shape index (κ2) is 6.97. The number of carbonyl (C=O) groups is 1. The van der Waals surface area contributed by atoms with Crippen LogP contribution in [0.15, 0.2) is 40.3 Å². The van der Waals surface area contributed by atoms with Gasteiger partial charge in [0.25, 0.3) is 10.0 Å². The van der Waals surface area contributed by atoms with Crippen LogP contribution in [0, 0.1) is 19.3 Å². The number of aryl methyl sites for hydroxylation is 2. The van der Waals surface area contributed by atoms with Gasteiger partial charge in [-0.25, -0.2) is 8.42 Å². The molecule has 1 aromatic heterocycles. The normalized spacial score (nSPS) is 16.1. The fraction of sp³-hybridized carbons (Fsp3) is 0.368. The molecule has 9 heteroatoms. The molecule has 0 saturated heterocycles. The lowest BCUT2D eigenvalue weighted by molar-refractivity contribution is -0.127. The average Bonchev–Trinajstić information content (AvgIpc) is 2.92. The third kappa shape index (κ3) is 3.49. The van der Waals surface area contributed by atoms with Gasteiger partial charge in [-0.15, -0.1) is 6.58 Å². The van der Waals surface area contributed by atoms with Gasteiger partial charge >= 0.3 is 0 Å². The Morgan fingerprint density at radius 2 is 2.07 bits per heavy atom. The number of carbonyl (C=O) groups excluding carboxylic acids is 1. The molecule has 0 spiro atoms. The van der Waals surface area contributed by atoms with E-state index in [9.17, 15) is 13.2 Å². The summed E-state index contributed by atoms with van der Waals surface area (Å²) < 4.78 is 38.8. The van der Waals surface area contributed by atoms with Gasteiger partial charge in [-0.1, -0.05) is 11.2 Å². The van der Waals surface area contributed by atoms with Crippen LogP contribution in [-0.2, 0) is 14.8 Å². The first-order valence-corrected chi connectivity index (χ1v) is 10.2. The minimum absolute atomic E-state index is 0.00106. The standard InChI is InChI=1S/C19H23N3O5S/c1-6-9-22-15-10-14(7-8-16(15)26-11-19(4,5)18(22)23)21-28(24,25)17-12(2)20-27-13(17)3/h6-8,10,21H,1,9,11H2,2-5H3. The number of anilines is 2. The number of sulfonamides is 1. The third-order valence-electron chi connectivity index (χ3n) is 4.46. The molecule has 2 aromatic rings. The van der Waals surface area contributed by atoms with Crippen LogP contribution in [0.2, 0.25) is 0 Å². The molecule has 2 heterocycles. The predicted molar refractivity (Wildman–Crippen MR) is 105 cm³/mol. The summed E-state index contributed by atoms with van der Waals surface area (Å²) in [7, 11) is -3.90. The van der Waals surface area contributed by atoms with Crippen LogP contribution in [-0.4, -0.2) is 32.6 Å². The smallest absolute Gasteiger partial charge is 0.267 e. The highest BCUT2D eigenvalue weighted by Crippen LogP contribution is 2.38. The van der Waals surface area contributed by atoms with E-state index in [1.54, 1.807) is 49.9 Å². The van der Waals surface area contributed by atoms with E-state index < -0.39 is 15.4 Å². The molecule has 1 aromatic carbocycles. The number of nitrogens with one attached hydrogen (secondary N) is 1. The number of hydrogen-bond acceptors (Lipinski definition) is 6. The third-order valence-corrected chi connectivity index (χ3v) is 6.09. The molecule has 150 valence electrons. The van der Waals surface area contributed by atoms with Gasteiger partial charge in [0, 0.05) is 6.54 Å². The van der Waals surface area contributed by atoms with E-state index in [0.717, 1.165) is 0 Å².